The van der Waals surface area contributed by atoms with E-state index in [2.05, 4.69) is 16.5 Å². The van der Waals surface area contributed by atoms with Crippen LogP contribution in [0.15, 0.2) is 42.3 Å². The fourth-order valence-corrected chi connectivity index (χ4v) is 3.00. The van der Waals surface area contributed by atoms with Gasteiger partial charge in [-0.3, -0.25) is 4.79 Å². The smallest absolute Gasteiger partial charge is 0.258 e. The van der Waals surface area contributed by atoms with E-state index in [9.17, 15) is 4.79 Å². The van der Waals surface area contributed by atoms with Crippen LogP contribution in [0.3, 0.4) is 0 Å². The number of ether oxygens (including phenoxy) is 1. The van der Waals surface area contributed by atoms with Crippen molar-refractivity contribution < 1.29 is 9.53 Å². The van der Waals surface area contributed by atoms with Gasteiger partial charge in [-0.15, -0.1) is 0 Å². The molecule has 6 nitrogen and oxygen atoms in total. The second-order valence-corrected chi connectivity index (χ2v) is 6.81. The lowest BCUT2D eigenvalue weighted by atomic mass is 10.1. The van der Waals surface area contributed by atoms with Crippen molar-refractivity contribution in [1.29, 1.82) is 0 Å². The van der Waals surface area contributed by atoms with Crippen LogP contribution >= 0.6 is 0 Å². The number of aryl methyl sites for hydroxylation is 2. The van der Waals surface area contributed by atoms with E-state index in [1.165, 1.54) is 0 Å². The molecule has 1 aromatic carbocycles. The Morgan fingerprint density at radius 2 is 1.78 bits per heavy atom. The molecule has 27 heavy (non-hydrogen) atoms. The Kier molecular flexibility index (Phi) is 4.99. The highest BCUT2D eigenvalue weighted by atomic mass is 16.5. The van der Waals surface area contributed by atoms with Gasteiger partial charge in [-0.05, 0) is 45.4 Å². The van der Waals surface area contributed by atoms with E-state index >= 15 is 0 Å². The Morgan fingerprint density at radius 3 is 2.41 bits per heavy atom. The summed E-state index contributed by atoms with van der Waals surface area (Å²) in [6.45, 7) is 12.1. The SMILES string of the molecule is C=C(C)Oc1ccccc1C(=O)N1CC(N)=C(c2nc(C)c(C)c(C)n2)C1. The number of nitrogens with two attached hydrogens (primary N) is 1. The molecule has 0 fully saturated rings. The molecule has 0 spiro atoms. The predicted octanol–water partition coefficient (Wildman–Crippen LogP) is 3.14. The van der Waals surface area contributed by atoms with Crippen molar-refractivity contribution in [3.05, 3.63) is 70.6 Å². The summed E-state index contributed by atoms with van der Waals surface area (Å²) in [5.74, 6) is 1.45. The molecule has 1 aliphatic rings. The lowest BCUT2D eigenvalue weighted by Gasteiger charge is -2.18. The molecule has 0 saturated heterocycles. The quantitative estimate of drug-likeness (QED) is 0.843. The summed E-state index contributed by atoms with van der Waals surface area (Å²) in [7, 11) is 0. The molecule has 0 unspecified atom stereocenters. The predicted molar refractivity (Wildman–Crippen MR) is 105 cm³/mol. The van der Waals surface area contributed by atoms with Crippen LogP contribution in [0.5, 0.6) is 5.75 Å². The lowest BCUT2D eigenvalue weighted by Crippen LogP contribution is -2.30. The number of aromatic nitrogens is 2. The van der Waals surface area contributed by atoms with Crippen molar-refractivity contribution in [2.24, 2.45) is 5.73 Å². The minimum atomic E-state index is -0.148. The van der Waals surface area contributed by atoms with E-state index in [-0.39, 0.29) is 5.91 Å². The van der Waals surface area contributed by atoms with E-state index in [0.29, 0.717) is 41.7 Å². The lowest BCUT2D eigenvalue weighted by molar-refractivity contribution is 0.0796. The first kappa shape index (κ1) is 18.6. The number of rotatable bonds is 4. The first-order valence-corrected chi connectivity index (χ1v) is 8.79. The fraction of sp³-hybridized carbons (Fsp3) is 0.286. The van der Waals surface area contributed by atoms with Crippen molar-refractivity contribution in [2.75, 3.05) is 13.1 Å². The molecule has 0 saturated carbocycles. The highest BCUT2D eigenvalue weighted by molar-refractivity contribution is 5.98. The normalized spacial score (nSPS) is 13.9. The number of carbonyl (C=O) groups excluding carboxylic acids is 1. The number of nitrogens with zero attached hydrogens (tertiary/aromatic N) is 3. The molecule has 2 heterocycles. The third-order valence-electron chi connectivity index (χ3n) is 4.69. The maximum absolute atomic E-state index is 13.1. The molecule has 2 N–H and O–H groups in total. The van der Waals surface area contributed by atoms with E-state index in [0.717, 1.165) is 22.5 Å². The zero-order valence-corrected chi connectivity index (χ0v) is 16.2. The molecule has 6 heteroatoms. The van der Waals surface area contributed by atoms with E-state index in [1.807, 2.05) is 32.9 Å². The number of hydrogen-bond donors (Lipinski definition) is 1. The average Bonchev–Trinajstić information content (AvgIpc) is 3.00. The van der Waals surface area contributed by atoms with Gasteiger partial charge in [-0.2, -0.15) is 0 Å². The minimum Gasteiger partial charge on any atom is -0.462 e. The number of amides is 1. The molecule has 3 rings (SSSR count). The van der Waals surface area contributed by atoms with Crippen LogP contribution in [0.2, 0.25) is 0 Å². The standard InChI is InChI=1S/C21H24N4O2/c1-12(2)27-19-9-7-6-8-16(19)21(26)25-10-17(18(22)11-25)20-23-14(4)13(3)15(5)24-20/h6-9H,1,10-11,22H2,2-5H3. The van der Waals surface area contributed by atoms with Crippen LogP contribution in [-0.2, 0) is 0 Å². The van der Waals surface area contributed by atoms with Crippen LogP contribution < -0.4 is 10.5 Å². The second-order valence-electron chi connectivity index (χ2n) is 6.81. The summed E-state index contributed by atoms with van der Waals surface area (Å²) in [6, 6.07) is 7.13. The Labute approximate surface area is 159 Å². The molecule has 2 aromatic rings. The Morgan fingerprint density at radius 1 is 1.15 bits per heavy atom. The molecule has 140 valence electrons. The van der Waals surface area contributed by atoms with Gasteiger partial charge in [0.2, 0.25) is 0 Å². The molecule has 0 radical (unpaired) electrons. The number of hydrogen-bond acceptors (Lipinski definition) is 5. The monoisotopic (exact) mass is 364 g/mol. The molecule has 0 atom stereocenters. The molecule has 1 aliphatic heterocycles. The third-order valence-corrected chi connectivity index (χ3v) is 4.69. The summed E-state index contributed by atoms with van der Waals surface area (Å²) < 4.78 is 5.60. The molecule has 1 aromatic heterocycles. The van der Waals surface area contributed by atoms with E-state index < -0.39 is 0 Å². The van der Waals surface area contributed by atoms with Crippen LogP contribution in [0.1, 0.15) is 40.1 Å². The van der Waals surface area contributed by atoms with Crippen LogP contribution in [0.4, 0.5) is 0 Å². The van der Waals surface area contributed by atoms with Crippen LogP contribution in [0, 0.1) is 20.8 Å². The third kappa shape index (κ3) is 3.69. The molecule has 0 bridgehead atoms. The first-order valence-electron chi connectivity index (χ1n) is 8.79. The number of para-hydroxylation sites is 1. The Balaban J connectivity index is 1.87. The van der Waals surface area contributed by atoms with Gasteiger partial charge in [-0.25, -0.2) is 9.97 Å². The van der Waals surface area contributed by atoms with Gasteiger partial charge in [0, 0.05) is 22.7 Å². The number of benzene rings is 1. The summed E-state index contributed by atoms with van der Waals surface area (Å²) in [6.07, 6.45) is 0. The molecule has 0 aliphatic carbocycles. The fourth-order valence-electron chi connectivity index (χ4n) is 3.00. The summed E-state index contributed by atoms with van der Waals surface area (Å²) in [5, 5.41) is 0. The van der Waals surface area contributed by atoms with Gasteiger partial charge in [0.15, 0.2) is 5.82 Å². The van der Waals surface area contributed by atoms with Crippen molar-refractivity contribution in [3.63, 3.8) is 0 Å². The van der Waals surface area contributed by atoms with Crippen LogP contribution in [-0.4, -0.2) is 33.9 Å². The van der Waals surface area contributed by atoms with Gasteiger partial charge in [0.1, 0.15) is 5.75 Å². The summed E-state index contributed by atoms with van der Waals surface area (Å²) in [5.41, 5.74) is 11.0. The van der Waals surface area contributed by atoms with Crippen molar-refractivity contribution in [2.45, 2.75) is 27.7 Å². The van der Waals surface area contributed by atoms with Gasteiger partial charge in [-0.1, -0.05) is 18.7 Å². The van der Waals surface area contributed by atoms with Gasteiger partial charge in [0.05, 0.1) is 24.4 Å². The van der Waals surface area contributed by atoms with Gasteiger partial charge < -0.3 is 15.4 Å². The first-order chi connectivity index (χ1) is 12.8. The highest BCUT2D eigenvalue weighted by Crippen LogP contribution is 2.27. The number of allylic oxidation sites excluding steroid dienone is 1. The Bertz CT molecular complexity index is 939. The van der Waals surface area contributed by atoms with Crippen molar-refractivity contribution in [1.82, 2.24) is 14.9 Å². The number of carbonyl (C=O) groups is 1. The largest absolute Gasteiger partial charge is 0.462 e. The van der Waals surface area contributed by atoms with Crippen molar-refractivity contribution >= 4 is 11.5 Å². The Hall–Kier alpha value is -3.15. The zero-order valence-electron chi connectivity index (χ0n) is 16.2. The van der Waals surface area contributed by atoms with Crippen molar-refractivity contribution in [3.8, 4) is 5.75 Å². The molecular weight excluding hydrogens is 340 g/mol. The summed E-state index contributed by atoms with van der Waals surface area (Å²) >= 11 is 0. The average molecular weight is 364 g/mol. The van der Waals surface area contributed by atoms with Gasteiger partial charge >= 0.3 is 0 Å². The van der Waals surface area contributed by atoms with Crippen LogP contribution in [0.25, 0.3) is 5.57 Å². The highest BCUT2D eigenvalue weighted by Gasteiger charge is 2.29. The zero-order chi connectivity index (χ0) is 19.7. The molecule has 1 amide bonds. The summed E-state index contributed by atoms with van der Waals surface area (Å²) in [4.78, 5) is 23.9. The van der Waals surface area contributed by atoms with E-state index in [4.69, 9.17) is 10.5 Å². The topological polar surface area (TPSA) is 81.3 Å². The second kappa shape index (κ2) is 7.23. The maximum Gasteiger partial charge on any atom is 0.258 e. The van der Waals surface area contributed by atoms with E-state index in [1.54, 1.807) is 24.0 Å². The van der Waals surface area contributed by atoms with Gasteiger partial charge in [0.25, 0.3) is 5.91 Å². The maximum atomic E-state index is 13.1. The minimum absolute atomic E-state index is 0.148. The molecular formula is C21H24N4O2.